The minimum Gasteiger partial charge on any atom is -0.358 e. The summed E-state index contributed by atoms with van der Waals surface area (Å²) >= 11 is 4.10. The number of unbranched alkanes of at least 4 members (excludes halogenated alkanes) is 2. The molecule has 0 saturated carbocycles. The SMILES string of the molecule is O=[N+]([O-])c1ccn(CCCCCS)n1. The van der Waals surface area contributed by atoms with E-state index < -0.39 is 4.92 Å². The number of nitro groups is 1. The summed E-state index contributed by atoms with van der Waals surface area (Å²) in [6.07, 6.45) is 4.78. The maximum absolute atomic E-state index is 10.3. The summed E-state index contributed by atoms with van der Waals surface area (Å²) in [4.78, 5) is 9.83. The third-order valence-electron chi connectivity index (χ3n) is 1.86. The van der Waals surface area contributed by atoms with Gasteiger partial charge < -0.3 is 10.1 Å². The van der Waals surface area contributed by atoms with Gasteiger partial charge in [0.1, 0.15) is 0 Å². The van der Waals surface area contributed by atoms with Crippen LogP contribution in [0.3, 0.4) is 0 Å². The second-order valence-electron chi connectivity index (χ2n) is 2.98. The van der Waals surface area contributed by atoms with E-state index in [0.29, 0.717) is 0 Å². The van der Waals surface area contributed by atoms with Crippen LogP contribution < -0.4 is 0 Å². The molecule has 0 saturated heterocycles. The van der Waals surface area contributed by atoms with E-state index in [1.165, 1.54) is 6.07 Å². The maximum Gasteiger partial charge on any atom is 0.389 e. The van der Waals surface area contributed by atoms with Crippen molar-refractivity contribution in [3.8, 4) is 0 Å². The largest absolute Gasteiger partial charge is 0.389 e. The number of thiol groups is 1. The molecule has 0 N–H and O–H groups in total. The first-order valence-corrected chi connectivity index (χ1v) is 5.16. The van der Waals surface area contributed by atoms with Crippen molar-refractivity contribution in [2.24, 2.45) is 0 Å². The van der Waals surface area contributed by atoms with E-state index in [1.807, 2.05) is 0 Å². The number of aromatic nitrogens is 2. The molecule has 0 amide bonds. The maximum atomic E-state index is 10.3. The average molecular weight is 215 g/mol. The van der Waals surface area contributed by atoms with Gasteiger partial charge in [-0.1, -0.05) is 6.42 Å². The highest BCUT2D eigenvalue weighted by Gasteiger charge is 2.09. The van der Waals surface area contributed by atoms with Crippen LogP contribution in [0.5, 0.6) is 0 Å². The van der Waals surface area contributed by atoms with E-state index in [9.17, 15) is 10.1 Å². The Morgan fingerprint density at radius 2 is 2.29 bits per heavy atom. The van der Waals surface area contributed by atoms with Crippen LogP contribution in [0.1, 0.15) is 19.3 Å². The minimum absolute atomic E-state index is 0.0841. The molecule has 1 aromatic heterocycles. The molecule has 0 aliphatic rings. The molecule has 0 aliphatic carbocycles. The van der Waals surface area contributed by atoms with Gasteiger partial charge in [-0.25, -0.2) is 0 Å². The second kappa shape index (κ2) is 5.64. The third kappa shape index (κ3) is 3.37. The first-order chi connectivity index (χ1) is 6.74. The highest BCUT2D eigenvalue weighted by molar-refractivity contribution is 7.80. The predicted octanol–water partition coefficient (Wildman–Crippen LogP) is 1.89. The number of aryl methyl sites for hydroxylation is 1. The Kier molecular flexibility index (Phi) is 4.45. The number of hydrogen-bond acceptors (Lipinski definition) is 4. The van der Waals surface area contributed by atoms with E-state index in [2.05, 4.69) is 17.7 Å². The number of nitrogens with zero attached hydrogens (tertiary/aromatic N) is 3. The number of rotatable bonds is 6. The highest BCUT2D eigenvalue weighted by Crippen LogP contribution is 2.06. The van der Waals surface area contributed by atoms with Gasteiger partial charge in [0.2, 0.25) is 0 Å². The fourth-order valence-electron chi connectivity index (χ4n) is 1.14. The van der Waals surface area contributed by atoms with Crippen molar-refractivity contribution >= 4 is 18.4 Å². The lowest BCUT2D eigenvalue weighted by Gasteiger charge is -1.95. The Bertz CT molecular complexity index is 301. The van der Waals surface area contributed by atoms with Gasteiger partial charge in [-0.05, 0) is 23.5 Å². The molecule has 1 heterocycles. The van der Waals surface area contributed by atoms with Crippen LogP contribution in [-0.2, 0) is 6.54 Å². The van der Waals surface area contributed by atoms with Crippen LogP contribution in [0.2, 0.25) is 0 Å². The first-order valence-electron chi connectivity index (χ1n) is 4.53. The third-order valence-corrected chi connectivity index (χ3v) is 2.18. The summed E-state index contributed by atoms with van der Waals surface area (Å²) in [6, 6.07) is 1.42. The van der Waals surface area contributed by atoms with Gasteiger partial charge >= 0.3 is 5.82 Å². The molecule has 0 bridgehead atoms. The Hall–Kier alpha value is -1.04. The van der Waals surface area contributed by atoms with E-state index in [1.54, 1.807) is 10.9 Å². The first kappa shape index (κ1) is 11.0. The molecule has 6 heteroatoms. The predicted molar refractivity (Wildman–Crippen MR) is 56.6 cm³/mol. The van der Waals surface area contributed by atoms with Crippen LogP contribution in [0.25, 0.3) is 0 Å². The Labute approximate surface area is 87.7 Å². The summed E-state index contributed by atoms with van der Waals surface area (Å²) in [6.45, 7) is 0.738. The molecule has 0 fully saturated rings. The monoisotopic (exact) mass is 215 g/mol. The van der Waals surface area contributed by atoms with Crippen molar-refractivity contribution in [1.29, 1.82) is 0 Å². The minimum atomic E-state index is -0.482. The molecule has 0 spiro atoms. The van der Waals surface area contributed by atoms with Crippen molar-refractivity contribution in [2.75, 3.05) is 5.75 Å². The summed E-state index contributed by atoms with van der Waals surface area (Å²) in [5.41, 5.74) is 0. The lowest BCUT2D eigenvalue weighted by molar-refractivity contribution is -0.389. The van der Waals surface area contributed by atoms with Gasteiger partial charge in [-0.15, -0.1) is 0 Å². The van der Waals surface area contributed by atoms with Crippen LogP contribution >= 0.6 is 12.6 Å². The van der Waals surface area contributed by atoms with E-state index in [0.717, 1.165) is 31.6 Å². The van der Waals surface area contributed by atoms with Gasteiger partial charge in [0, 0.05) is 0 Å². The molecule has 0 atom stereocenters. The number of hydrogen-bond donors (Lipinski definition) is 1. The molecule has 0 radical (unpaired) electrons. The molecular formula is C8H13N3O2S. The Morgan fingerprint density at radius 3 is 2.86 bits per heavy atom. The lowest BCUT2D eigenvalue weighted by Crippen LogP contribution is -1.99. The van der Waals surface area contributed by atoms with Crippen LogP contribution in [0, 0.1) is 10.1 Å². The molecular weight excluding hydrogens is 202 g/mol. The topological polar surface area (TPSA) is 61.0 Å². The Balaban J connectivity index is 2.33. The normalized spacial score (nSPS) is 10.4. The molecule has 0 aromatic carbocycles. The van der Waals surface area contributed by atoms with Crippen molar-refractivity contribution in [2.45, 2.75) is 25.8 Å². The standard InChI is InChI=1S/C8H13N3O2S/c12-11(13)8-4-6-10(9-8)5-2-1-3-7-14/h4,6,14H,1-3,5,7H2. The van der Waals surface area contributed by atoms with E-state index in [4.69, 9.17) is 0 Å². The van der Waals surface area contributed by atoms with Crippen molar-refractivity contribution in [3.05, 3.63) is 22.4 Å². The summed E-state index contributed by atoms with van der Waals surface area (Å²) in [5, 5.41) is 14.1. The average Bonchev–Trinajstić information content (AvgIpc) is 2.61. The smallest absolute Gasteiger partial charge is 0.358 e. The fraction of sp³-hybridized carbons (Fsp3) is 0.625. The zero-order valence-electron chi connectivity index (χ0n) is 7.80. The fourth-order valence-corrected chi connectivity index (χ4v) is 1.36. The lowest BCUT2D eigenvalue weighted by atomic mass is 10.2. The van der Waals surface area contributed by atoms with Crippen LogP contribution in [-0.4, -0.2) is 20.5 Å². The summed E-state index contributed by atoms with van der Waals surface area (Å²) < 4.78 is 1.61. The van der Waals surface area contributed by atoms with Crippen molar-refractivity contribution in [3.63, 3.8) is 0 Å². The second-order valence-corrected chi connectivity index (χ2v) is 3.43. The van der Waals surface area contributed by atoms with Gasteiger partial charge in [0.15, 0.2) is 0 Å². The van der Waals surface area contributed by atoms with Gasteiger partial charge in [0.05, 0.1) is 23.9 Å². The quantitative estimate of drug-likeness (QED) is 0.341. The zero-order valence-corrected chi connectivity index (χ0v) is 8.69. The van der Waals surface area contributed by atoms with E-state index in [-0.39, 0.29) is 5.82 Å². The molecule has 5 nitrogen and oxygen atoms in total. The molecule has 0 aliphatic heterocycles. The van der Waals surface area contributed by atoms with Gasteiger partial charge in [-0.2, -0.15) is 17.3 Å². The molecule has 1 rings (SSSR count). The van der Waals surface area contributed by atoms with Crippen molar-refractivity contribution < 1.29 is 4.92 Å². The van der Waals surface area contributed by atoms with Crippen LogP contribution in [0.4, 0.5) is 5.82 Å². The zero-order chi connectivity index (χ0) is 10.4. The molecule has 78 valence electrons. The van der Waals surface area contributed by atoms with E-state index >= 15 is 0 Å². The van der Waals surface area contributed by atoms with Crippen LogP contribution in [0.15, 0.2) is 12.3 Å². The highest BCUT2D eigenvalue weighted by atomic mass is 32.1. The van der Waals surface area contributed by atoms with Gasteiger partial charge in [0.25, 0.3) is 0 Å². The molecule has 1 aromatic rings. The van der Waals surface area contributed by atoms with Crippen molar-refractivity contribution in [1.82, 2.24) is 9.78 Å². The van der Waals surface area contributed by atoms with Gasteiger partial charge in [-0.3, -0.25) is 0 Å². The summed E-state index contributed by atoms with van der Waals surface area (Å²) in [5.74, 6) is 0.804. The summed E-state index contributed by atoms with van der Waals surface area (Å²) in [7, 11) is 0. The Morgan fingerprint density at radius 1 is 1.50 bits per heavy atom. The molecule has 0 unspecified atom stereocenters. The molecule has 14 heavy (non-hydrogen) atoms.